The number of carbonyl (C=O) groups is 1. The van der Waals surface area contributed by atoms with Crippen molar-refractivity contribution in [3.63, 3.8) is 0 Å². The number of carboxylic acids is 1. The van der Waals surface area contributed by atoms with Crippen molar-refractivity contribution in [2.24, 2.45) is 0 Å². The van der Waals surface area contributed by atoms with Crippen LogP contribution in [-0.4, -0.2) is 41.2 Å². The van der Waals surface area contributed by atoms with Gasteiger partial charge in [-0.25, -0.2) is 9.67 Å². The van der Waals surface area contributed by atoms with E-state index in [0.29, 0.717) is 34.9 Å². The maximum Gasteiger partial charge on any atom is 0.325 e. The Morgan fingerprint density at radius 3 is 3.14 bits per heavy atom. The SMILES string of the molecule is Cc1noc2ncnc(NCc3cn(CC(=O)O)nn3)c12. The molecule has 0 unspecified atom stereocenters. The summed E-state index contributed by atoms with van der Waals surface area (Å²) in [6.45, 7) is 1.91. The van der Waals surface area contributed by atoms with Gasteiger partial charge in [-0.2, -0.15) is 4.98 Å². The maximum atomic E-state index is 10.6. The van der Waals surface area contributed by atoms with Crippen LogP contribution in [0.15, 0.2) is 17.0 Å². The average Bonchev–Trinajstić information content (AvgIpc) is 3.04. The molecule has 0 aromatic carbocycles. The molecule has 3 rings (SSSR count). The largest absolute Gasteiger partial charge is 0.480 e. The lowest BCUT2D eigenvalue weighted by Crippen LogP contribution is -2.09. The predicted octanol–water partition coefficient (Wildman–Crippen LogP) is 0.214. The first kappa shape index (κ1) is 13.0. The van der Waals surface area contributed by atoms with Gasteiger partial charge in [-0.3, -0.25) is 4.79 Å². The lowest BCUT2D eigenvalue weighted by atomic mass is 10.3. The highest BCUT2D eigenvalue weighted by molar-refractivity contribution is 5.87. The summed E-state index contributed by atoms with van der Waals surface area (Å²) in [6.07, 6.45) is 2.93. The van der Waals surface area contributed by atoms with Crippen LogP contribution < -0.4 is 5.32 Å². The Balaban J connectivity index is 1.76. The summed E-state index contributed by atoms with van der Waals surface area (Å²) >= 11 is 0. The van der Waals surface area contributed by atoms with Crippen molar-refractivity contribution < 1.29 is 14.4 Å². The van der Waals surface area contributed by atoms with Crippen molar-refractivity contribution >= 4 is 22.9 Å². The van der Waals surface area contributed by atoms with Gasteiger partial charge in [0.05, 0.1) is 18.4 Å². The molecule has 0 spiro atoms. The number of anilines is 1. The Morgan fingerprint density at radius 1 is 1.48 bits per heavy atom. The second-order valence-electron chi connectivity index (χ2n) is 4.33. The Labute approximate surface area is 117 Å². The minimum absolute atomic E-state index is 0.227. The van der Waals surface area contributed by atoms with Crippen molar-refractivity contribution in [1.29, 1.82) is 0 Å². The van der Waals surface area contributed by atoms with Gasteiger partial charge in [0.1, 0.15) is 29.8 Å². The zero-order valence-corrected chi connectivity index (χ0v) is 11.0. The second-order valence-corrected chi connectivity index (χ2v) is 4.33. The van der Waals surface area contributed by atoms with Gasteiger partial charge in [0, 0.05) is 0 Å². The van der Waals surface area contributed by atoms with Crippen LogP contribution in [0.5, 0.6) is 0 Å². The second kappa shape index (κ2) is 5.15. The fraction of sp³-hybridized carbons (Fsp3) is 0.273. The highest BCUT2D eigenvalue weighted by atomic mass is 16.5. The van der Waals surface area contributed by atoms with Crippen LogP contribution in [0.2, 0.25) is 0 Å². The molecule has 0 aliphatic heterocycles. The molecule has 3 aromatic rings. The molecule has 2 N–H and O–H groups in total. The Bertz CT molecular complexity index is 794. The molecule has 0 aliphatic carbocycles. The predicted molar refractivity (Wildman–Crippen MR) is 69.3 cm³/mol. The summed E-state index contributed by atoms with van der Waals surface area (Å²) in [6, 6.07) is 0. The molecule has 10 nitrogen and oxygen atoms in total. The molecule has 0 fully saturated rings. The fourth-order valence-corrected chi connectivity index (χ4v) is 1.87. The monoisotopic (exact) mass is 289 g/mol. The van der Waals surface area contributed by atoms with Gasteiger partial charge < -0.3 is 14.9 Å². The van der Waals surface area contributed by atoms with Crippen molar-refractivity contribution in [1.82, 2.24) is 30.1 Å². The zero-order chi connectivity index (χ0) is 14.8. The van der Waals surface area contributed by atoms with E-state index in [1.54, 1.807) is 13.1 Å². The van der Waals surface area contributed by atoms with Gasteiger partial charge in [-0.15, -0.1) is 5.10 Å². The van der Waals surface area contributed by atoms with Gasteiger partial charge in [0.25, 0.3) is 5.71 Å². The summed E-state index contributed by atoms with van der Waals surface area (Å²) in [5.74, 6) is -0.399. The Hall–Kier alpha value is -3.04. The van der Waals surface area contributed by atoms with Crippen LogP contribution in [0.4, 0.5) is 5.82 Å². The number of nitrogens with zero attached hydrogens (tertiary/aromatic N) is 6. The minimum atomic E-state index is -0.975. The highest BCUT2D eigenvalue weighted by Crippen LogP contribution is 2.22. The van der Waals surface area contributed by atoms with E-state index < -0.39 is 5.97 Å². The number of hydrogen-bond donors (Lipinski definition) is 2. The lowest BCUT2D eigenvalue weighted by Gasteiger charge is -2.03. The van der Waals surface area contributed by atoms with Gasteiger partial charge in [-0.05, 0) is 6.92 Å². The standard InChI is InChI=1S/C11H11N7O3/c1-6-9-10(13-5-14-11(9)21-16-6)12-2-7-3-18(17-15-7)4-8(19)20/h3,5H,2,4H2,1H3,(H,19,20)(H,12,13,14). The zero-order valence-electron chi connectivity index (χ0n) is 11.0. The molecule has 21 heavy (non-hydrogen) atoms. The van der Waals surface area contributed by atoms with E-state index in [0.717, 1.165) is 0 Å². The Morgan fingerprint density at radius 2 is 2.33 bits per heavy atom. The number of aryl methyl sites for hydroxylation is 1. The van der Waals surface area contributed by atoms with Crippen molar-refractivity contribution in [2.45, 2.75) is 20.0 Å². The molecule has 0 aliphatic rings. The maximum absolute atomic E-state index is 10.6. The van der Waals surface area contributed by atoms with E-state index >= 15 is 0 Å². The van der Waals surface area contributed by atoms with Crippen LogP contribution in [0.25, 0.3) is 11.1 Å². The normalized spacial score (nSPS) is 10.9. The molecule has 3 aromatic heterocycles. The number of rotatable bonds is 5. The summed E-state index contributed by atoms with van der Waals surface area (Å²) < 4.78 is 6.30. The molecular weight excluding hydrogens is 278 g/mol. The van der Waals surface area contributed by atoms with E-state index in [9.17, 15) is 4.79 Å². The lowest BCUT2D eigenvalue weighted by molar-refractivity contribution is -0.137. The van der Waals surface area contributed by atoms with Gasteiger partial charge in [0.15, 0.2) is 0 Å². The number of hydrogen-bond acceptors (Lipinski definition) is 8. The van der Waals surface area contributed by atoms with E-state index in [4.69, 9.17) is 9.63 Å². The van der Waals surface area contributed by atoms with Crippen LogP contribution in [-0.2, 0) is 17.9 Å². The fourth-order valence-electron chi connectivity index (χ4n) is 1.87. The molecule has 0 saturated heterocycles. The summed E-state index contributed by atoms with van der Waals surface area (Å²) in [7, 11) is 0. The highest BCUT2D eigenvalue weighted by Gasteiger charge is 2.12. The van der Waals surface area contributed by atoms with E-state index in [1.165, 1.54) is 11.0 Å². The number of aliphatic carboxylic acids is 1. The molecule has 10 heteroatoms. The van der Waals surface area contributed by atoms with Gasteiger partial charge in [-0.1, -0.05) is 10.4 Å². The molecule has 0 amide bonds. The first-order valence-corrected chi connectivity index (χ1v) is 6.05. The summed E-state index contributed by atoms with van der Waals surface area (Å²) in [5, 5.41) is 23.9. The quantitative estimate of drug-likeness (QED) is 0.676. The van der Waals surface area contributed by atoms with Gasteiger partial charge >= 0.3 is 5.97 Å². The molecular formula is C11H11N7O3. The first-order valence-electron chi connectivity index (χ1n) is 6.05. The van der Waals surface area contributed by atoms with Gasteiger partial charge in [0.2, 0.25) is 0 Å². The Kier molecular flexibility index (Phi) is 3.18. The van der Waals surface area contributed by atoms with Crippen molar-refractivity contribution in [3.8, 4) is 0 Å². The molecule has 3 heterocycles. The van der Waals surface area contributed by atoms with E-state index in [1.807, 2.05) is 0 Å². The third-order valence-electron chi connectivity index (χ3n) is 2.76. The third-order valence-corrected chi connectivity index (χ3v) is 2.76. The molecule has 0 saturated carbocycles. The molecule has 0 atom stereocenters. The molecule has 0 bridgehead atoms. The molecule has 0 radical (unpaired) electrons. The van der Waals surface area contributed by atoms with Crippen molar-refractivity contribution in [2.75, 3.05) is 5.32 Å². The number of aromatic nitrogens is 6. The third kappa shape index (κ3) is 2.63. The van der Waals surface area contributed by atoms with Crippen LogP contribution in [0.3, 0.4) is 0 Å². The number of fused-ring (bicyclic) bond motifs is 1. The number of carboxylic acid groups (broad SMARTS) is 1. The van der Waals surface area contributed by atoms with Crippen LogP contribution in [0, 0.1) is 6.92 Å². The number of nitrogens with one attached hydrogen (secondary N) is 1. The summed E-state index contributed by atoms with van der Waals surface area (Å²) in [4.78, 5) is 18.7. The smallest absolute Gasteiger partial charge is 0.325 e. The van der Waals surface area contributed by atoms with E-state index in [2.05, 4.69) is 30.8 Å². The average molecular weight is 289 g/mol. The van der Waals surface area contributed by atoms with Crippen LogP contribution >= 0.6 is 0 Å². The van der Waals surface area contributed by atoms with Crippen molar-refractivity contribution in [3.05, 3.63) is 23.9 Å². The topological polar surface area (TPSA) is 132 Å². The summed E-state index contributed by atoms with van der Waals surface area (Å²) in [5.41, 5.74) is 1.68. The molecule has 108 valence electrons. The minimum Gasteiger partial charge on any atom is -0.480 e. The van der Waals surface area contributed by atoms with Crippen LogP contribution in [0.1, 0.15) is 11.4 Å². The van der Waals surface area contributed by atoms with E-state index in [-0.39, 0.29) is 6.54 Å². The first-order chi connectivity index (χ1) is 10.1.